The Labute approximate surface area is 173 Å². The van der Waals surface area contributed by atoms with Crippen molar-refractivity contribution in [3.63, 3.8) is 0 Å². The summed E-state index contributed by atoms with van der Waals surface area (Å²) in [4.78, 5) is 26.0. The molecule has 0 heterocycles. The summed E-state index contributed by atoms with van der Waals surface area (Å²) in [6, 6.07) is 9.11. The number of carbonyl (C=O) groups excluding carboxylic acids is 2. The Morgan fingerprint density at radius 3 is 2.32 bits per heavy atom. The van der Waals surface area contributed by atoms with Crippen LogP contribution in [0.1, 0.15) is 26.3 Å². The van der Waals surface area contributed by atoms with Crippen LogP contribution in [0.15, 0.2) is 36.4 Å². The SMILES string of the molecule is CNC(=O)c1ccc(CC(CNC(=O)c2ccc(Cl)cc2Cl)N(C)C)cc1F. The van der Waals surface area contributed by atoms with Crippen LogP contribution in [-0.4, -0.2) is 50.4 Å². The predicted molar refractivity (Wildman–Crippen MR) is 110 cm³/mol. The maximum absolute atomic E-state index is 14.2. The second kappa shape index (κ2) is 9.87. The molecule has 0 radical (unpaired) electrons. The van der Waals surface area contributed by atoms with Crippen molar-refractivity contribution < 1.29 is 14.0 Å². The van der Waals surface area contributed by atoms with E-state index in [9.17, 15) is 14.0 Å². The molecule has 0 saturated carbocycles. The maximum atomic E-state index is 14.2. The van der Waals surface area contributed by atoms with Gasteiger partial charge in [-0.3, -0.25) is 9.59 Å². The Hall–Kier alpha value is -2.15. The van der Waals surface area contributed by atoms with Crippen molar-refractivity contribution in [2.75, 3.05) is 27.7 Å². The highest BCUT2D eigenvalue weighted by Crippen LogP contribution is 2.21. The Kier molecular flexibility index (Phi) is 7.80. The lowest BCUT2D eigenvalue weighted by atomic mass is 10.0. The fourth-order valence-corrected chi connectivity index (χ4v) is 3.19. The smallest absolute Gasteiger partial charge is 0.253 e. The number of halogens is 3. The summed E-state index contributed by atoms with van der Waals surface area (Å²) in [6.07, 6.45) is 0.493. The molecule has 2 N–H and O–H groups in total. The van der Waals surface area contributed by atoms with E-state index in [-0.39, 0.29) is 22.5 Å². The second-order valence-corrected chi connectivity index (χ2v) is 7.39. The third-order valence-corrected chi connectivity index (χ3v) is 4.93. The van der Waals surface area contributed by atoms with E-state index in [1.165, 1.54) is 25.2 Å². The van der Waals surface area contributed by atoms with Gasteiger partial charge in [0, 0.05) is 24.7 Å². The molecule has 0 spiro atoms. The van der Waals surface area contributed by atoms with E-state index < -0.39 is 11.7 Å². The molecule has 5 nitrogen and oxygen atoms in total. The van der Waals surface area contributed by atoms with E-state index in [0.717, 1.165) is 5.56 Å². The number of amides is 2. The second-order valence-electron chi connectivity index (χ2n) is 6.55. The number of rotatable bonds is 7. The van der Waals surface area contributed by atoms with Crippen LogP contribution in [-0.2, 0) is 6.42 Å². The van der Waals surface area contributed by atoms with Crippen molar-refractivity contribution in [1.82, 2.24) is 15.5 Å². The molecular formula is C20H22Cl2FN3O2. The molecule has 0 aromatic heterocycles. The van der Waals surface area contributed by atoms with E-state index in [2.05, 4.69) is 10.6 Å². The minimum absolute atomic E-state index is 0.00154. The highest BCUT2D eigenvalue weighted by atomic mass is 35.5. The molecule has 2 rings (SSSR count). The van der Waals surface area contributed by atoms with Gasteiger partial charge in [0.15, 0.2) is 0 Å². The van der Waals surface area contributed by atoms with Crippen LogP contribution in [0.25, 0.3) is 0 Å². The molecule has 8 heteroatoms. The first-order valence-corrected chi connectivity index (χ1v) is 9.38. The summed E-state index contributed by atoms with van der Waals surface area (Å²) >= 11 is 11.9. The van der Waals surface area contributed by atoms with Crippen LogP contribution in [0.4, 0.5) is 4.39 Å². The molecule has 0 fully saturated rings. The van der Waals surface area contributed by atoms with Crippen molar-refractivity contribution in [2.45, 2.75) is 12.5 Å². The fourth-order valence-electron chi connectivity index (χ4n) is 2.69. The van der Waals surface area contributed by atoms with Crippen molar-refractivity contribution in [3.05, 3.63) is 69.0 Å². The van der Waals surface area contributed by atoms with Gasteiger partial charge in [0.2, 0.25) is 0 Å². The molecule has 0 aliphatic rings. The van der Waals surface area contributed by atoms with Gasteiger partial charge in [-0.25, -0.2) is 4.39 Å². The predicted octanol–water partition coefficient (Wildman–Crippen LogP) is 3.39. The summed E-state index contributed by atoms with van der Waals surface area (Å²) < 4.78 is 14.2. The molecule has 1 atom stereocenters. The van der Waals surface area contributed by atoms with Crippen LogP contribution in [0, 0.1) is 5.82 Å². The van der Waals surface area contributed by atoms with Gasteiger partial charge >= 0.3 is 0 Å². The van der Waals surface area contributed by atoms with Gasteiger partial charge in [0.25, 0.3) is 11.8 Å². The molecule has 150 valence electrons. The first-order chi connectivity index (χ1) is 13.2. The number of hydrogen-bond donors (Lipinski definition) is 2. The van der Waals surface area contributed by atoms with Gasteiger partial charge in [-0.15, -0.1) is 0 Å². The molecule has 0 bridgehead atoms. The minimum atomic E-state index is -0.577. The first-order valence-electron chi connectivity index (χ1n) is 8.63. The molecule has 0 aliphatic heterocycles. The zero-order chi connectivity index (χ0) is 20.8. The molecule has 2 amide bonds. The standard InChI is InChI=1S/C20H22Cl2FN3O2/c1-24-19(27)16-6-4-12(9-18(16)23)8-14(26(2)3)11-25-20(28)15-7-5-13(21)10-17(15)22/h4-7,9-10,14H,8,11H2,1-3H3,(H,24,27)(H,25,28). The monoisotopic (exact) mass is 425 g/mol. The third-order valence-electron chi connectivity index (χ3n) is 4.38. The fraction of sp³-hybridized carbons (Fsp3) is 0.300. The summed E-state index contributed by atoms with van der Waals surface area (Å²) in [5.41, 5.74) is 1.06. The Morgan fingerprint density at radius 2 is 1.75 bits per heavy atom. The number of benzene rings is 2. The largest absolute Gasteiger partial charge is 0.355 e. The molecule has 2 aromatic carbocycles. The number of nitrogens with zero attached hydrogens (tertiary/aromatic N) is 1. The molecule has 2 aromatic rings. The van der Waals surface area contributed by atoms with Crippen molar-refractivity contribution in [2.24, 2.45) is 0 Å². The lowest BCUT2D eigenvalue weighted by Gasteiger charge is -2.25. The maximum Gasteiger partial charge on any atom is 0.253 e. The van der Waals surface area contributed by atoms with E-state index in [1.807, 2.05) is 19.0 Å². The van der Waals surface area contributed by atoms with E-state index in [1.54, 1.807) is 18.2 Å². The van der Waals surface area contributed by atoms with Gasteiger partial charge in [0.05, 0.1) is 16.1 Å². The van der Waals surface area contributed by atoms with E-state index in [0.29, 0.717) is 23.6 Å². The van der Waals surface area contributed by atoms with Crippen LogP contribution in [0.3, 0.4) is 0 Å². The van der Waals surface area contributed by atoms with Crippen LogP contribution < -0.4 is 10.6 Å². The highest BCUT2D eigenvalue weighted by Gasteiger charge is 2.18. The van der Waals surface area contributed by atoms with Crippen molar-refractivity contribution in [3.8, 4) is 0 Å². The zero-order valence-corrected chi connectivity index (χ0v) is 17.4. The molecule has 0 aliphatic carbocycles. The van der Waals surface area contributed by atoms with Crippen LogP contribution in [0.5, 0.6) is 0 Å². The van der Waals surface area contributed by atoms with Crippen molar-refractivity contribution >= 4 is 35.0 Å². The van der Waals surface area contributed by atoms with Gasteiger partial charge < -0.3 is 15.5 Å². The summed E-state index contributed by atoms with van der Waals surface area (Å²) in [5.74, 6) is -1.36. The Balaban J connectivity index is 2.06. The Morgan fingerprint density at radius 1 is 1.07 bits per heavy atom. The van der Waals surface area contributed by atoms with E-state index >= 15 is 0 Å². The number of hydrogen-bond acceptors (Lipinski definition) is 3. The summed E-state index contributed by atoms with van der Waals surface area (Å²) in [5, 5.41) is 5.98. The van der Waals surface area contributed by atoms with Crippen molar-refractivity contribution in [1.29, 1.82) is 0 Å². The van der Waals surface area contributed by atoms with Gasteiger partial charge in [-0.1, -0.05) is 29.3 Å². The number of carbonyl (C=O) groups is 2. The lowest BCUT2D eigenvalue weighted by molar-refractivity contribution is 0.0938. The normalized spacial score (nSPS) is 12.0. The molecule has 28 heavy (non-hydrogen) atoms. The Bertz CT molecular complexity index is 875. The number of likely N-dealkylation sites (N-methyl/N-ethyl adjacent to an activating group) is 1. The average molecular weight is 426 g/mol. The molecular weight excluding hydrogens is 404 g/mol. The van der Waals surface area contributed by atoms with E-state index in [4.69, 9.17) is 23.2 Å². The zero-order valence-electron chi connectivity index (χ0n) is 15.9. The van der Waals surface area contributed by atoms with Gasteiger partial charge in [-0.2, -0.15) is 0 Å². The van der Waals surface area contributed by atoms with Crippen LogP contribution >= 0.6 is 23.2 Å². The third kappa shape index (κ3) is 5.67. The highest BCUT2D eigenvalue weighted by molar-refractivity contribution is 6.36. The van der Waals surface area contributed by atoms with Gasteiger partial charge in [0.1, 0.15) is 5.82 Å². The van der Waals surface area contributed by atoms with Crippen LogP contribution in [0.2, 0.25) is 10.0 Å². The topological polar surface area (TPSA) is 61.4 Å². The summed E-state index contributed by atoms with van der Waals surface area (Å²) in [7, 11) is 5.20. The van der Waals surface area contributed by atoms with Gasteiger partial charge in [-0.05, 0) is 56.4 Å². The minimum Gasteiger partial charge on any atom is -0.355 e. The summed E-state index contributed by atoms with van der Waals surface area (Å²) in [6.45, 7) is 0.337. The lowest BCUT2D eigenvalue weighted by Crippen LogP contribution is -2.41. The quantitative estimate of drug-likeness (QED) is 0.714. The molecule has 1 unspecified atom stereocenters. The number of nitrogens with one attached hydrogen (secondary N) is 2. The molecule has 0 saturated heterocycles. The average Bonchev–Trinajstić information content (AvgIpc) is 2.64. The first kappa shape index (κ1) is 22.1.